The van der Waals surface area contributed by atoms with Gasteiger partial charge in [-0.25, -0.2) is 9.78 Å². The monoisotopic (exact) mass is 357 g/mol. The SMILES string of the molecule is CCOC(=O)c1cc(C#N)c(SCCOc2cccc(C)c2)nc1N. The number of rotatable bonds is 7. The van der Waals surface area contributed by atoms with Gasteiger partial charge in [0, 0.05) is 5.75 Å². The van der Waals surface area contributed by atoms with Gasteiger partial charge in [-0.3, -0.25) is 0 Å². The molecule has 0 spiro atoms. The van der Waals surface area contributed by atoms with E-state index >= 15 is 0 Å². The highest BCUT2D eigenvalue weighted by Gasteiger charge is 2.17. The van der Waals surface area contributed by atoms with Gasteiger partial charge in [0.15, 0.2) is 0 Å². The molecule has 0 unspecified atom stereocenters. The molecule has 2 aromatic rings. The van der Waals surface area contributed by atoms with Crippen molar-refractivity contribution in [3.8, 4) is 11.8 Å². The molecule has 0 aliphatic rings. The second kappa shape index (κ2) is 8.94. The van der Waals surface area contributed by atoms with Gasteiger partial charge in [-0.2, -0.15) is 5.26 Å². The van der Waals surface area contributed by atoms with Gasteiger partial charge in [0.2, 0.25) is 0 Å². The van der Waals surface area contributed by atoms with Crippen molar-refractivity contribution in [1.29, 1.82) is 5.26 Å². The Hall–Kier alpha value is -2.72. The Balaban J connectivity index is 2.01. The zero-order valence-corrected chi connectivity index (χ0v) is 14.9. The summed E-state index contributed by atoms with van der Waals surface area (Å²) >= 11 is 1.35. The first-order chi connectivity index (χ1) is 12.0. The summed E-state index contributed by atoms with van der Waals surface area (Å²) in [6.07, 6.45) is 0. The number of anilines is 1. The molecule has 25 heavy (non-hydrogen) atoms. The van der Waals surface area contributed by atoms with Crippen molar-refractivity contribution in [3.63, 3.8) is 0 Å². The molecule has 6 nitrogen and oxygen atoms in total. The van der Waals surface area contributed by atoms with Crippen LogP contribution in [0.2, 0.25) is 0 Å². The van der Waals surface area contributed by atoms with E-state index in [1.807, 2.05) is 37.3 Å². The van der Waals surface area contributed by atoms with E-state index in [0.29, 0.717) is 17.4 Å². The summed E-state index contributed by atoms with van der Waals surface area (Å²) in [6.45, 7) is 4.39. The fraction of sp³-hybridized carbons (Fsp3) is 0.278. The van der Waals surface area contributed by atoms with Crippen LogP contribution in [0, 0.1) is 18.3 Å². The third kappa shape index (κ3) is 5.13. The van der Waals surface area contributed by atoms with Gasteiger partial charge >= 0.3 is 5.97 Å². The zero-order valence-electron chi connectivity index (χ0n) is 14.1. The number of esters is 1. The van der Waals surface area contributed by atoms with Crippen molar-refractivity contribution in [2.45, 2.75) is 18.9 Å². The predicted octanol–water partition coefficient (Wildman–Crippen LogP) is 3.19. The van der Waals surface area contributed by atoms with Crippen LogP contribution < -0.4 is 10.5 Å². The highest BCUT2D eigenvalue weighted by molar-refractivity contribution is 7.99. The Kier molecular flexibility index (Phi) is 6.66. The van der Waals surface area contributed by atoms with Gasteiger partial charge < -0.3 is 15.2 Å². The molecule has 0 amide bonds. The van der Waals surface area contributed by atoms with Crippen molar-refractivity contribution in [2.75, 3.05) is 24.7 Å². The lowest BCUT2D eigenvalue weighted by atomic mass is 10.2. The Morgan fingerprint density at radius 2 is 2.20 bits per heavy atom. The van der Waals surface area contributed by atoms with E-state index in [1.165, 1.54) is 17.8 Å². The smallest absolute Gasteiger partial charge is 0.341 e. The molecule has 0 aliphatic heterocycles. The van der Waals surface area contributed by atoms with Gasteiger partial charge in [-0.15, -0.1) is 11.8 Å². The van der Waals surface area contributed by atoms with Crippen LogP contribution in [0.25, 0.3) is 0 Å². The number of hydrogen-bond donors (Lipinski definition) is 1. The number of nitrogens with zero attached hydrogens (tertiary/aromatic N) is 2. The van der Waals surface area contributed by atoms with E-state index in [9.17, 15) is 10.1 Å². The average molecular weight is 357 g/mol. The second-order valence-electron chi connectivity index (χ2n) is 5.12. The molecule has 130 valence electrons. The van der Waals surface area contributed by atoms with Gasteiger partial charge in [-0.1, -0.05) is 12.1 Å². The summed E-state index contributed by atoms with van der Waals surface area (Å²) in [4.78, 5) is 16.0. The van der Waals surface area contributed by atoms with Crippen molar-refractivity contribution in [2.24, 2.45) is 0 Å². The number of nitriles is 1. The van der Waals surface area contributed by atoms with Crippen molar-refractivity contribution in [3.05, 3.63) is 47.0 Å². The number of nitrogens with two attached hydrogens (primary N) is 1. The molecule has 1 aromatic carbocycles. The molecule has 2 N–H and O–H groups in total. The lowest BCUT2D eigenvalue weighted by Crippen LogP contribution is -2.11. The first kappa shape index (κ1) is 18.6. The number of thioether (sulfide) groups is 1. The maximum absolute atomic E-state index is 11.8. The van der Waals surface area contributed by atoms with Crippen LogP contribution in [-0.2, 0) is 4.74 Å². The third-order valence-electron chi connectivity index (χ3n) is 3.21. The average Bonchev–Trinajstić information content (AvgIpc) is 2.59. The Morgan fingerprint density at radius 3 is 2.88 bits per heavy atom. The van der Waals surface area contributed by atoms with Crippen molar-refractivity contribution in [1.82, 2.24) is 4.98 Å². The molecule has 0 bridgehead atoms. The molecule has 1 aromatic heterocycles. The number of benzene rings is 1. The Labute approximate surface area is 151 Å². The fourth-order valence-electron chi connectivity index (χ4n) is 2.08. The molecular weight excluding hydrogens is 338 g/mol. The Bertz CT molecular complexity index is 803. The number of hydrogen-bond acceptors (Lipinski definition) is 7. The van der Waals surface area contributed by atoms with Crippen LogP contribution in [0.5, 0.6) is 5.75 Å². The van der Waals surface area contributed by atoms with Crippen LogP contribution in [0.1, 0.15) is 28.4 Å². The summed E-state index contributed by atoms with van der Waals surface area (Å²) < 4.78 is 10.6. The van der Waals surface area contributed by atoms with Crippen LogP contribution in [-0.4, -0.2) is 29.9 Å². The standard InChI is InChI=1S/C18H19N3O3S/c1-3-23-18(22)15-10-13(11-19)17(21-16(15)20)25-8-7-24-14-6-4-5-12(2)9-14/h4-6,9-10H,3,7-8H2,1-2H3,(H2,20,21). The number of pyridine rings is 1. The predicted molar refractivity (Wildman–Crippen MR) is 96.7 cm³/mol. The first-order valence-corrected chi connectivity index (χ1v) is 8.73. The van der Waals surface area contributed by atoms with Crippen LogP contribution in [0.3, 0.4) is 0 Å². The molecule has 0 fully saturated rings. The van der Waals surface area contributed by atoms with E-state index in [0.717, 1.165) is 11.3 Å². The number of carbonyl (C=O) groups excluding carboxylic acids is 1. The Morgan fingerprint density at radius 1 is 1.40 bits per heavy atom. The number of ether oxygens (including phenoxy) is 2. The van der Waals surface area contributed by atoms with Gasteiger partial charge in [0.1, 0.15) is 28.2 Å². The number of nitrogen functional groups attached to an aromatic ring is 1. The zero-order chi connectivity index (χ0) is 18.2. The van der Waals surface area contributed by atoms with Crippen LogP contribution in [0.15, 0.2) is 35.4 Å². The summed E-state index contributed by atoms with van der Waals surface area (Å²) in [5.74, 6) is 0.863. The van der Waals surface area contributed by atoms with Gasteiger partial charge in [0.05, 0.1) is 18.8 Å². The number of aromatic nitrogens is 1. The summed E-state index contributed by atoms with van der Waals surface area (Å²) in [5, 5.41) is 9.76. The summed E-state index contributed by atoms with van der Waals surface area (Å²) in [7, 11) is 0. The van der Waals surface area contributed by atoms with Crippen molar-refractivity contribution >= 4 is 23.5 Å². The molecule has 0 saturated carbocycles. The number of aryl methyl sites for hydroxylation is 1. The van der Waals surface area contributed by atoms with Crippen LogP contribution in [0.4, 0.5) is 5.82 Å². The fourth-order valence-corrected chi connectivity index (χ4v) is 2.86. The number of carbonyl (C=O) groups is 1. The highest BCUT2D eigenvalue weighted by Crippen LogP contribution is 2.25. The minimum absolute atomic E-state index is 0.0551. The van der Waals surface area contributed by atoms with E-state index in [1.54, 1.807) is 6.92 Å². The second-order valence-corrected chi connectivity index (χ2v) is 6.20. The molecule has 0 radical (unpaired) electrons. The first-order valence-electron chi connectivity index (χ1n) is 7.75. The molecule has 2 rings (SSSR count). The largest absolute Gasteiger partial charge is 0.493 e. The lowest BCUT2D eigenvalue weighted by Gasteiger charge is -2.10. The maximum Gasteiger partial charge on any atom is 0.341 e. The highest BCUT2D eigenvalue weighted by atomic mass is 32.2. The topological polar surface area (TPSA) is 98.2 Å². The minimum Gasteiger partial charge on any atom is -0.493 e. The molecule has 0 saturated heterocycles. The molecular formula is C18H19N3O3S. The van der Waals surface area contributed by atoms with Crippen molar-refractivity contribution < 1.29 is 14.3 Å². The molecule has 0 atom stereocenters. The normalized spacial score (nSPS) is 10.1. The lowest BCUT2D eigenvalue weighted by molar-refractivity contribution is 0.0527. The van der Waals surface area contributed by atoms with E-state index in [-0.39, 0.29) is 23.6 Å². The maximum atomic E-state index is 11.8. The quantitative estimate of drug-likeness (QED) is 0.461. The molecule has 1 heterocycles. The van der Waals surface area contributed by atoms with Gasteiger partial charge in [0.25, 0.3) is 0 Å². The van der Waals surface area contributed by atoms with E-state index < -0.39 is 5.97 Å². The third-order valence-corrected chi connectivity index (χ3v) is 4.17. The summed E-state index contributed by atoms with van der Waals surface area (Å²) in [5.41, 5.74) is 7.35. The van der Waals surface area contributed by atoms with Crippen LogP contribution >= 0.6 is 11.8 Å². The van der Waals surface area contributed by atoms with Gasteiger partial charge in [-0.05, 0) is 37.6 Å². The minimum atomic E-state index is -0.580. The van der Waals surface area contributed by atoms with E-state index in [4.69, 9.17) is 15.2 Å². The molecule has 0 aliphatic carbocycles. The molecule has 7 heteroatoms. The summed E-state index contributed by atoms with van der Waals surface area (Å²) in [6, 6.07) is 11.2. The van der Waals surface area contributed by atoms with E-state index in [2.05, 4.69) is 4.98 Å².